The van der Waals surface area contributed by atoms with Gasteiger partial charge in [0.25, 0.3) is 5.56 Å². The first-order valence-electron chi connectivity index (χ1n) is 7.90. The van der Waals surface area contributed by atoms with Crippen molar-refractivity contribution in [2.24, 2.45) is 5.92 Å². The van der Waals surface area contributed by atoms with E-state index in [-0.39, 0.29) is 5.69 Å². The molecule has 0 saturated carbocycles. The summed E-state index contributed by atoms with van der Waals surface area (Å²) in [5.74, 6) is 0.663. The van der Waals surface area contributed by atoms with E-state index in [0.29, 0.717) is 23.8 Å². The van der Waals surface area contributed by atoms with Gasteiger partial charge in [-0.25, -0.2) is 9.78 Å². The number of aryl methyl sites for hydroxylation is 1. The van der Waals surface area contributed by atoms with Gasteiger partial charge in [-0.2, -0.15) is 4.98 Å². The number of fused-ring (bicyclic) bond motifs is 2. The van der Waals surface area contributed by atoms with E-state index in [9.17, 15) is 9.59 Å². The van der Waals surface area contributed by atoms with E-state index in [1.165, 1.54) is 0 Å². The van der Waals surface area contributed by atoms with Crippen molar-refractivity contribution in [2.75, 3.05) is 19.0 Å². The molecule has 2 aliphatic rings. The summed E-state index contributed by atoms with van der Waals surface area (Å²) in [6, 6.07) is 4.00. The van der Waals surface area contributed by atoms with Crippen LogP contribution in [0.3, 0.4) is 0 Å². The Morgan fingerprint density at radius 2 is 1.92 bits per heavy atom. The lowest BCUT2D eigenvalue weighted by Gasteiger charge is -2.21. The summed E-state index contributed by atoms with van der Waals surface area (Å²) in [4.78, 5) is 36.6. The van der Waals surface area contributed by atoms with Gasteiger partial charge in [-0.3, -0.25) is 9.78 Å². The molecule has 1 aromatic carbocycles. The number of hydrogen-bond acceptors (Lipinski definition) is 5. The number of aromatic nitrogens is 4. The van der Waals surface area contributed by atoms with Crippen molar-refractivity contribution in [1.29, 1.82) is 0 Å². The zero-order chi connectivity index (χ0) is 17.6. The van der Waals surface area contributed by atoms with Crippen LogP contribution < -0.4 is 16.1 Å². The highest BCUT2D eigenvalue weighted by Crippen LogP contribution is 2.28. The van der Waals surface area contributed by atoms with Gasteiger partial charge in [-0.1, -0.05) is 13.8 Å². The molecule has 3 rings (SSSR count). The molecule has 1 N–H and O–H groups in total. The Balaban J connectivity index is 2.49. The molecular weight excluding hydrogens is 306 g/mol. The van der Waals surface area contributed by atoms with Crippen LogP contribution in [0, 0.1) is 12.8 Å². The molecule has 0 saturated heterocycles. The van der Waals surface area contributed by atoms with Gasteiger partial charge in [-0.05, 0) is 30.5 Å². The lowest BCUT2D eigenvalue weighted by atomic mass is 10.1. The van der Waals surface area contributed by atoms with Crippen molar-refractivity contribution >= 4 is 16.7 Å². The second-order valence-electron chi connectivity index (χ2n) is 6.68. The smallest absolute Gasteiger partial charge is 0.349 e. The summed E-state index contributed by atoms with van der Waals surface area (Å²) in [5, 5.41) is 0. The molecule has 0 bridgehead atoms. The fraction of sp³-hybridized carbons (Fsp3) is 0.412. The number of H-pyrrole nitrogens is 1. The normalized spacial score (nSPS) is 11.6. The summed E-state index contributed by atoms with van der Waals surface area (Å²) in [5.41, 5.74) is 2.76. The molecule has 24 heavy (non-hydrogen) atoms. The average Bonchev–Trinajstić information content (AvgIpc) is 2.47. The minimum atomic E-state index is -0.646. The molecule has 0 unspecified atom stereocenters. The van der Waals surface area contributed by atoms with Crippen molar-refractivity contribution < 1.29 is 0 Å². The largest absolute Gasteiger partial charge is 0.377 e. The Morgan fingerprint density at radius 3 is 2.54 bits per heavy atom. The van der Waals surface area contributed by atoms with E-state index in [4.69, 9.17) is 0 Å². The molecular formula is C17H21N5O2. The number of nitrogens with one attached hydrogen (secondary N) is 1. The summed E-state index contributed by atoms with van der Waals surface area (Å²) >= 11 is 0. The van der Waals surface area contributed by atoms with Crippen molar-refractivity contribution in [3.63, 3.8) is 0 Å². The molecule has 7 heteroatoms. The monoisotopic (exact) mass is 327 g/mol. The maximum absolute atomic E-state index is 12.2. The number of benzene rings is 1. The third kappa shape index (κ3) is 2.66. The second kappa shape index (κ2) is 5.74. The fourth-order valence-electron chi connectivity index (χ4n) is 2.97. The number of hydrogen-bond donors (Lipinski definition) is 1. The molecule has 0 spiro atoms. The van der Waals surface area contributed by atoms with Gasteiger partial charge in [-0.15, -0.1) is 0 Å². The zero-order valence-electron chi connectivity index (χ0n) is 14.5. The maximum Gasteiger partial charge on any atom is 0.349 e. The molecule has 7 nitrogen and oxygen atoms in total. The Hall–Kier alpha value is -2.70. The molecule has 2 aliphatic heterocycles. The predicted octanol–water partition coefficient (Wildman–Crippen LogP) is 1.62. The minimum Gasteiger partial charge on any atom is -0.377 e. The lowest BCUT2D eigenvalue weighted by molar-refractivity contribution is 0.530. The molecule has 126 valence electrons. The van der Waals surface area contributed by atoms with Crippen LogP contribution in [0.2, 0.25) is 0 Å². The molecule has 0 aromatic heterocycles. The van der Waals surface area contributed by atoms with Crippen molar-refractivity contribution in [2.45, 2.75) is 27.3 Å². The summed E-state index contributed by atoms with van der Waals surface area (Å²) in [7, 11) is 3.94. The zero-order valence-corrected chi connectivity index (χ0v) is 14.5. The van der Waals surface area contributed by atoms with Crippen LogP contribution in [0.4, 0.5) is 5.69 Å². The Morgan fingerprint density at radius 1 is 1.21 bits per heavy atom. The highest BCUT2D eigenvalue weighted by Gasteiger charge is 2.20. The van der Waals surface area contributed by atoms with Crippen LogP contribution in [-0.4, -0.2) is 33.6 Å². The second-order valence-corrected chi connectivity index (χ2v) is 6.68. The van der Waals surface area contributed by atoms with Crippen molar-refractivity contribution in [1.82, 2.24) is 19.5 Å². The summed E-state index contributed by atoms with van der Waals surface area (Å²) < 4.78 is 1.92. The number of rotatable bonds is 3. The lowest BCUT2D eigenvalue weighted by Crippen LogP contribution is -2.29. The van der Waals surface area contributed by atoms with Crippen LogP contribution in [0.25, 0.3) is 22.6 Å². The fourth-order valence-corrected chi connectivity index (χ4v) is 2.97. The van der Waals surface area contributed by atoms with E-state index in [2.05, 4.69) is 28.8 Å². The van der Waals surface area contributed by atoms with Gasteiger partial charge < -0.3 is 9.47 Å². The van der Waals surface area contributed by atoms with E-state index >= 15 is 0 Å². The van der Waals surface area contributed by atoms with Crippen molar-refractivity contribution in [3.8, 4) is 11.5 Å². The van der Waals surface area contributed by atoms with Gasteiger partial charge in [0.05, 0.1) is 11.0 Å². The quantitative estimate of drug-likeness (QED) is 0.739. The van der Waals surface area contributed by atoms with Crippen LogP contribution in [0.5, 0.6) is 0 Å². The molecule has 0 fully saturated rings. The van der Waals surface area contributed by atoms with Gasteiger partial charge in [0.1, 0.15) is 0 Å². The highest BCUT2D eigenvalue weighted by molar-refractivity contribution is 5.84. The minimum absolute atomic E-state index is 0.191. The molecule has 0 aliphatic carbocycles. The average molecular weight is 327 g/mol. The number of nitrogens with zero attached hydrogens (tertiary/aromatic N) is 4. The van der Waals surface area contributed by atoms with E-state index < -0.39 is 11.2 Å². The van der Waals surface area contributed by atoms with Crippen LogP contribution >= 0.6 is 0 Å². The molecule has 0 radical (unpaired) electrons. The maximum atomic E-state index is 12.2. The highest BCUT2D eigenvalue weighted by atomic mass is 16.2. The van der Waals surface area contributed by atoms with Crippen LogP contribution in [0.1, 0.15) is 19.4 Å². The Bertz CT molecular complexity index is 1000. The van der Waals surface area contributed by atoms with E-state index in [0.717, 1.165) is 16.8 Å². The topological polar surface area (TPSA) is 83.9 Å². The summed E-state index contributed by atoms with van der Waals surface area (Å²) in [6.07, 6.45) is 0. The van der Waals surface area contributed by atoms with Gasteiger partial charge >= 0.3 is 5.69 Å². The summed E-state index contributed by atoms with van der Waals surface area (Å²) in [6.45, 7) is 6.84. The Kier molecular flexibility index (Phi) is 3.87. The molecule has 2 heterocycles. The van der Waals surface area contributed by atoms with Crippen LogP contribution in [0.15, 0.2) is 21.7 Å². The van der Waals surface area contributed by atoms with Gasteiger partial charge in [0.15, 0.2) is 11.5 Å². The van der Waals surface area contributed by atoms with E-state index in [1.54, 1.807) is 0 Å². The molecule has 1 aromatic rings. The van der Waals surface area contributed by atoms with E-state index in [1.807, 2.05) is 42.6 Å². The Labute approximate surface area is 139 Å². The van der Waals surface area contributed by atoms with Crippen LogP contribution in [-0.2, 0) is 6.54 Å². The first-order valence-corrected chi connectivity index (χ1v) is 7.90. The molecule has 0 amide bonds. The predicted molar refractivity (Wildman–Crippen MR) is 94.9 cm³/mol. The standard InChI is InChI=1S/C17H21N5O2/c1-9(2)8-22-13-6-10(3)12(21(4)5)7-11(13)18-14-15(22)19-17(24)20-16(14)23/h6-7,9H,8H2,1-5H3,(H,20,23,24). The van der Waals surface area contributed by atoms with Gasteiger partial charge in [0.2, 0.25) is 0 Å². The van der Waals surface area contributed by atoms with Gasteiger partial charge in [0, 0.05) is 26.3 Å². The third-order valence-electron chi connectivity index (χ3n) is 3.96. The third-order valence-corrected chi connectivity index (χ3v) is 3.96. The SMILES string of the molecule is Cc1cc2c(cc1N(C)C)nc1c(=O)[nH]c(=O)nc-1n2CC(C)C. The number of aromatic amines is 1. The first-order chi connectivity index (χ1) is 11.3. The number of anilines is 1. The molecule has 0 atom stereocenters. The first kappa shape index (κ1) is 16.2. The van der Waals surface area contributed by atoms with Crippen molar-refractivity contribution in [3.05, 3.63) is 38.5 Å².